The highest BCUT2D eigenvalue weighted by Gasteiger charge is 2.13. The Morgan fingerprint density at radius 2 is 1.86 bits per heavy atom. The first-order valence-electron chi connectivity index (χ1n) is 7.58. The molecule has 1 aromatic rings. The van der Waals surface area contributed by atoms with Crippen LogP contribution in [0.15, 0.2) is 35.3 Å². The average molecular weight is 304 g/mol. The number of nitrogens with one attached hydrogen (secondary N) is 2. The molecule has 5 heteroatoms. The summed E-state index contributed by atoms with van der Waals surface area (Å²) in [6, 6.07) is 9.99. The summed E-state index contributed by atoms with van der Waals surface area (Å²) >= 11 is 0. The Kier molecular flexibility index (Phi) is 6.89. The molecule has 1 rings (SSSR count). The molecule has 0 bridgehead atoms. The number of benzene rings is 1. The average Bonchev–Trinajstić information content (AvgIpc) is 2.45. The molecule has 2 N–H and O–H groups in total. The Labute approximate surface area is 133 Å². The first-order chi connectivity index (χ1) is 10.3. The van der Waals surface area contributed by atoms with Crippen LogP contribution in [-0.4, -0.2) is 42.9 Å². The van der Waals surface area contributed by atoms with Gasteiger partial charge in [0.25, 0.3) is 0 Å². The number of nitrogens with zero attached hydrogens (tertiary/aromatic N) is 2. The number of carbonyl (C=O) groups excluding carboxylic acids is 1. The van der Waals surface area contributed by atoms with E-state index in [2.05, 4.69) is 36.4 Å². The quantitative estimate of drug-likeness (QED) is 0.646. The summed E-state index contributed by atoms with van der Waals surface area (Å²) in [5, 5.41) is 6.43. The fourth-order valence-electron chi connectivity index (χ4n) is 1.96. The first kappa shape index (κ1) is 18.0. The topological polar surface area (TPSA) is 56.7 Å². The van der Waals surface area contributed by atoms with Gasteiger partial charge < -0.3 is 15.5 Å². The Bertz CT molecular complexity index is 491. The minimum absolute atomic E-state index is 0.0596. The van der Waals surface area contributed by atoms with Crippen molar-refractivity contribution in [2.75, 3.05) is 20.6 Å². The zero-order valence-electron chi connectivity index (χ0n) is 14.3. The van der Waals surface area contributed by atoms with Gasteiger partial charge in [0.1, 0.15) is 0 Å². The molecule has 22 heavy (non-hydrogen) atoms. The molecule has 5 nitrogen and oxygen atoms in total. The van der Waals surface area contributed by atoms with Crippen LogP contribution in [0.3, 0.4) is 0 Å². The molecule has 0 saturated carbocycles. The van der Waals surface area contributed by atoms with E-state index in [1.54, 1.807) is 11.9 Å². The molecular weight excluding hydrogens is 276 g/mol. The maximum absolute atomic E-state index is 12.1. The Morgan fingerprint density at radius 1 is 1.23 bits per heavy atom. The van der Waals surface area contributed by atoms with Gasteiger partial charge in [0, 0.05) is 39.1 Å². The fraction of sp³-hybridized carbons (Fsp3) is 0.529. The van der Waals surface area contributed by atoms with E-state index in [0.717, 1.165) is 5.56 Å². The van der Waals surface area contributed by atoms with E-state index < -0.39 is 0 Å². The maximum Gasteiger partial charge on any atom is 0.224 e. The van der Waals surface area contributed by atoms with E-state index in [-0.39, 0.29) is 11.4 Å². The van der Waals surface area contributed by atoms with Crippen LogP contribution in [-0.2, 0) is 11.3 Å². The Balaban J connectivity index is 2.36. The second-order valence-corrected chi connectivity index (χ2v) is 6.36. The van der Waals surface area contributed by atoms with Crippen LogP contribution in [0.25, 0.3) is 0 Å². The summed E-state index contributed by atoms with van der Waals surface area (Å²) in [7, 11) is 3.56. The molecule has 0 radical (unpaired) electrons. The molecule has 0 aliphatic heterocycles. The van der Waals surface area contributed by atoms with Crippen molar-refractivity contribution in [1.29, 1.82) is 0 Å². The van der Waals surface area contributed by atoms with Crippen LogP contribution in [0, 0.1) is 0 Å². The Hall–Kier alpha value is -2.04. The second-order valence-electron chi connectivity index (χ2n) is 6.36. The summed E-state index contributed by atoms with van der Waals surface area (Å²) < 4.78 is 0. The monoisotopic (exact) mass is 304 g/mol. The molecule has 122 valence electrons. The molecule has 0 spiro atoms. The third-order valence-corrected chi connectivity index (χ3v) is 3.04. The van der Waals surface area contributed by atoms with Gasteiger partial charge >= 0.3 is 0 Å². The normalized spacial score (nSPS) is 12.0. The number of hydrogen-bond donors (Lipinski definition) is 2. The third kappa shape index (κ3) is 7.11. The molecule has 0 heterocycles. The van der Waals surface area contributed by atoms with E-state index in [1.165, 1.54) is 0 Å². The molecule has 0 aliphatic rings. The van der Waals surface area contributed by atoms with Gasteiger partial charge in [0.05, 0.1) is 0 Å². The van der Waals surface area contributed by atoms with E-state index >= 15 is 0 Å². The van der Waals surface area contributed by atoms with Gasteiger partial charge in [-0.05, 0) is 26.3 Å². The van der Waals surface area contributed by atoms with Gasteiger partial charge in [-0.3, -0.25) is 9.79 Å². The van der Waals surface area contributed by atoms with Crippen molar-refractivity contribution in [3.63, 3.8) is 0 Å². The molecule has 0 aliphatic carbocycles. The van der Waals surface area contributed by atoms with Crippen molar-refractivity contribution < 1.29 is 4.79 Å². The van der Waals surface area contributed by atoms with Crippen LogP contribution < -0.4 is 10.6 Å². The number of guanidine groups is 1. The van der Waals surface area contributed by atoms with Crippen LogP contribution in [0.2, 0.25) is 0 Å². The summed E-state index contributed by atoms with van der Waals surface area (Å²) in [6.07, 6.45) is 0.439. The van der Waals surface area contributed by atoms with Gasteiger partial charge in [0.2, 0.25) is 5.91 Å². The third-order valence-electron chi connectivity index (χ3n) is 3.04. The number of aliphatic imine (C=N–C) groups is 1. The minimum Gasteiger partial charge on any atom is -0.356 e. The van der Waals surface area contributed by atoms with Gasteiger partial charge in [-0.15, -0.1) is 0 Å². The number of amides is 1. The van der Waals surface area contributed by atoms with E-state index in [9.17, 15) is 4.79 Å². The van der Waals surface area contributed by atoms with Crippen LogP contribution in [0.1, 0.15) is 32.8 Å². The lowest BCUT2D eigenvalue weighted by atomic mass is 10.1. The molecule has 0 aromatic heterocycles. The van der Waals surface area contributed by atoms with Gasteiger partial charge in [0.15, 0.2) is 5.96 Å². The van der Waals surface area contributed by atoms with Crippen LogP contribution in [0.4, 0.5) is 0 Å². The Morgan fingerprint density at radius 3 is 2.41 bits per heavy atom. The van der Waals surface area contributed by atoms with Crippen molar-refractivity contribution in [1.82, 2.24) is 15.5 Å². The number of rotatable bonds is 5. The van der Waals surface area contributed by atoms with Crippen LogP contribution >= 0.6 is 0 Å². The zero-order valence-corrected chi connectivity index (χ0v) is 14.3. The molecular formula is C17H28N4O. The summed E-state index contributed by atoms with van der Waals surface area (Å²) in [4.78, 5) is 18.0. The van der Waals surface area contributed by atoms with Crippen molar-refractivity contribution in [3.05, 3.63) is 35.9 Å². The van der Waals surface area contributed by atoms with Gasteiger partial charge in [-0.2, -0.15) is 0 Å². The molecule has 0 fully saturated rings. The smallest absolute Gasteiger partial charge is 0.224 e. The largest absolute Gasteiger partial charge is 0.356 e. The van der Waals surface area contributed by atoms with Gasteiger partial charge in [-0.25, -0.2) is 0 Å². The van der Waals surface area contributed by atoms with Crippen molar-refractivity contribution >= 4 is 11.9 Å². The van der Waals surface area contributed by atoms with Crippen LogP contribution in [0.5, 0.6) is 0 Å². The standard InChI is InChI=1S/C17H28N4O/c1-17(2,3)20-16(18-4)19-12-11-15(22)21(5)13-14-9-7-6-8-10-14/h6-10H,11-13H2,1-5H3,(H2,18,19,20). The number of carbonyl (C=O) groups is 1. The lowest BCUT2D eigenvalue weighted by Gasteiger charge is -2.24. The molecule has 0 unspecified atom stereocenters. The zero-order chi connectivity index (χ0) is 16.6. The SMILES string of the molecule is CN=C(NCCC(=O)N(C)Cc1ccccc1)NC(C)(C)C. The van der Waals surface area contributed by atoms with Crippen molar-refractivity contribution in [2.24, 2.45) is 4.99 Å². The highest BCUT2D eigenvalue weighted by molar-refractivity contribution is 5.81. The molecule has 1 amide bonds. The molecule has 0 saturated heterocycles. The highest BCUT2D eigenvalue weighted by atomic mass is 16.2. The maximum atomic E-state index is 12.1. The lowest BCUT2D eigenvalue weighted by Crippen LogP contribution is -2.48. The molecule has 0 atom stereocenters. The second kappa shape index (κ2) is 8.41. The van der Waals surface area contributed by atoms with Crippen molar-refractivity contribution in [2.45, 2.75) is 39.3 Å². The first-order valence-corrected chi connectivity index (χ1v) is 7.58. The predicted molar refractivity (Wildman–Crippen MR) is 91.8 cm³/mol. The summed E-state index contributed by atoms with van der Waals surface area (Å²) in [5.41, 5.74) is 1.08. The predicted octanol–water partition coefficient (Wildman–Crippen LogP) is 2.00. The highest BCUT2D eigenvalue weighted by Crippen LogP contribution is 2.03. The van der Waals surface area contributed by atoms with E-state index in [0.29, 0.717) is 25.5 Å². The van der Waals surface area contributed by atoms with E-state index in [4.69, 9.17) is 0 Å². The summed E-state index contributed by atoms with van der Waals surface area (Å²) in [5.74, 6) is 0.827. The number of hydrogen-bond acceptors (Lipinski definition) is 2. The molecule has 1 aromatic carbocycles. The van der Waals surface area contributed by atoms with Gasteiger partial charge in [-0.1, -0.05) is 30.3 Å². The minimum atomic E-state index is -0.0596. The fourth-order valence-corrected chi connectivity index (χ4v) is 1.96. The van der Waals surface area contributed by atoms with Crippen molar-refractivity contribution in [3.8, 4) is 0 Å². The van der Waals surface area contributed by atoms with E-state index in [1.807, 2.05) is 37.4 Å². The lowest BCUT2D eigenvalue weighted by molar-refractivity contribution is -0.130. The summed E-state index contributed by atoms with van der Waals surface area (Å²) in [6.45, 7) is 7.40.